The first-order chi connectivity index (χ1) is 9.90. The van der Waals surface area contributed by atoms with Gasteiger partial charge in [-0.2, -0.15) is 0 Å². The van der Waals surface area contributed by atoms with Crippen molar-refractivity contribution >= 4 is 0 Å². The first kappa shape index (κ1) is 15.6. The van der Waals surface area contributed by atoms with Crippen molar-refractivity contribution in [3.63, 3.8) is 0 Å². The summed E-state index contributed by atoms with van der Waals surface area (Å²) in [6.07, 6.45) is 0.940. The van der Waals surface area contributed by atoms with Gasteiger partial charge in [-0.25, -0.2) is 13.2 Å². The van der Waals surface area contributed by atoms with Crippen LogP contribution in [0.25, 0.3) is 0 Å². The smallest absolute Gasteiger partial charge is 0.194 e. The fourth-order valence-corrected chi connectivity index (χ4v) is 2.29. The number of hydrogen-bond acceptors (Lipinski definition) is 1. The maximum Gasteiger partial charge on any atom is 0.194 e. The molecule has 1 unspecified atom stereocenters. The first-order valence-corrected chi connectivity index (χ1v) is 6.88. The molecule has 0 radical (unpaired) electrons. The van der Waals surface area contributed by atoms with Gasteiger partial charge in [-0.1, -0.05) is 44.2 Å². The SMILES string of the molecule is CC(C)Cc1ccc(C(N)c2ccc(F)c(F)c2F)cc1. The third-order valence-electron chi connectivity index (χ3n) is 3.38. The Kier molecular flexibility index (Phi) is 4.68. The summed E-state index contributed by atoms with van der Waals surface area (Å²) in [5.74, 6) is -3.39. The van der Waals surface area contributed by atoms with E-state index in [1.165, 1.54) is 6.07 Å². The normalized spacial score (nSPS) is 12.7. The van der Waals surface area contributed by atoms with Gasteiger partial charge in [0.15, 0.2) is 17.5 Å². The predicted molar refractivity (Wildman–Crippen MR) is 77.3 cm³/mol. The van der Waals surface area contributed by atoms with Crippen molar-refractivity contribution in [3.8, 4) is 0 Å². The molecule has 0 saturated heterocycles. The van der Waals surface area contributed by atoms with E-state index in [2.05, 4.69) is 13.8 Å². The highest BCUT2D eigenvalue weighted by atomic mass is 19.2. The molecule has 2 aromatic carbocycles. The highest BCUT2D eigenvalue weighted by Crippen LogP contribution is 2.25. The molecule has 2 N–H and O–H groups in total. The molecule has 0 fully saturated rings. The first-order valence-electron chi connectivity index (χ1n) is 6.88. The van der Waals surface area contributed by atoms with Crippen LogP contribution in [0.1, 0.15) is 36.6 Å². The lowest BCUT2D eigenvalue weighted by Crippen LogP contribution is -2.15. The van der Waals surface area contributed by atoms with Crippen LogP contribution in [-0.2, 0) is 6.42 Å². The average Bonchev–Trinajstić information content (AvgIpc) is 2.44. The Bertz CT molecular complexity index is 621. The quantitative estimate of drug-likeness (QED) is 0.833. The number of benzene rings is 2. The second-order valence-corrected chi connectivity index (χ2v) is 5.58. The van der Waals surface area contributed by atoms with Crippen LogP contribution in [-0.4, -0.2) is 0 Å². The Labute approximate surface area is 122 Å². The number of nitrogens with two attached hydrogens (primary N) is 1. The van der Waals surface area contributed by atoms with E-state index in [0.29, 0.717) is 11.5 Å². The second-order valence-electron chi connectivity index (χ2n) is 5.58. The molecule has 0 bridgehead atoms. The van der Waals surface area contributed by atoms with Gasteiger partial charge in [0, 0.05) is 5.56 Å². The van der Waals surface area contributed by atoms with Crippen LogP contribution in [0.3, 0.4) is 0 Å². The summed E-state index contributed by atoms with van der Waals surface area (Å²) in [4.78, 5) is 0. The van der Waals surface area contributed by atoms with Gasteiger partial charge in [0.05, 0.1) is 6.04 Å². The van der Waals surface area contributed by atoms with E-state index < -0.39 is 23.5 Å². The number of halogens is 3. The van der Waals surface area contributed by atoms with Gasteiger partial charge in [-0.05, 0) is 29.5 Å². The minimum absolute atomic E-state index is 0.0505. The van der Waals surface area contributed by atoms with E-state index in [1.54, 1.807) is 12.1 Å². The summed E-state index contributed by atoms with van der Waals surface area (Å²) in [6.45, 7) is 4.24. The van der Waals surface area contributed by atoms with Gasteiger partial charge < -0.3 is 5.73 Å². The highest BCUT2D eigenvalue weighted by Gasteiger charge is 2.19. The summed E-state index contributed by atoms with van der Waals surface area (Å²) in [6, 6.07) is 8.68. The van der Waals surface area contributed by atoms with Crippen molar-refractivity contribution in [2.45, 2.75) is 26.3 Å². The predicted octanol–water partition coefficient (Wildman–Crippen LogP) is 4.35. The molecule has 0 heterocycles. The standard InChI is InChI=1S/C17H18F3N/c1-10(2)9-11-3-5-12(6-4-11)17(21)13-7-8-14(18)16(20)15(13)19/h3-8,10,17H,9,21H2,1-2H3. The van der Waals surface area contributed by atoms with Gasteiger partial charge in [0.25, 0.3) is 0 Å². The Hall–Kier alpha value is -1.81. The van der Waals surface area contributed by atoms with E-state index in [4.69, 9.17) is 5.73 Å². The Balaban J connectivity index is 2.28. The van der Waals surface area contributed by atoms with E-state index in [-0.39, 0.29) is 5.56 Å². The van der Waals surface area contributed by atoms with Gasteiger partial charge >= 0.3 is 0 Å². The molecule has 0 aliphatic rings. The van der Waals surface area contributed by atoms with Crippen molar-refractivity contribution in [1.29, 1.82) is 0 Å². The molecule has 112 valence electrons. The average molecular weight is 293 g/mol. The summed E-state index contributed by atoms with van der Waals surface area (Å²) in [5.41, 5.74) is 7.73. The van der Waals surface area contributed by atoms with Crippen LogP contribution >= 0.6 is 0 Å². The molecule has 2 rings (SSSR count). The van der Waals surface area contributed by atoms with Crippen LogP contribution in [0.5, 0.6) is 0 Å². The Morgan fingerprint density at radius 2 is 1.52 bits per heavy atom. The summed E-state index contributed by atoms with van der Waals surface area (Å²) >= 11 is 0. The lowest BCUT2D eigenvalue weighted by molar-refractivity contribution is 0.438. The Morgan fingerprint density at radius 1 is 0.905 bits per heavy atom. The van der Waals surface area contributed by atoms with Crippen LogP contribution < -0.4 is 5.73 Å². The topological polar surface area (TPSA) is 26.0 Å². The molecule has 0 spiro atoms. The van der Waals surface area contributed by atoms with Gasteiger partial charge in [0.1, 0.15) is 0 Å². The molecule has 0 aromatic heterocycles. The largest absolute Gasteiger partial charge is 0.320 e. The van der Waals surface area contributed by atoms with Gasteiger partial charge in [-0.3, -0.25) is 0 Å². The van der Waals surface area contributed by atoms with Crippen molar-refractivity contribution in [1.82, 2.24) is 0 Å². The second kappa shape index (κ2) is 6.31. The molecule has 1 nitrogen and oxygen atoms in total. The summed E-state index contributed by atoms with van der Waals surface area (Å²) < 4.78 is 40.0. The maximum atomic E-state index is 13.8. The molecular weight excluding hydrogens is 275 g/mol. The van der Waals surface area contributed by atoms with Crippen molar-refractivity contribution in [2.75, 3.05) is 0 Å². The van der Waals surface area contributed by atoms with Crippen molar-refractivity contribution < 1.29 is 13.2 Å². The summed E-state index contributed by atoms with van der Waals surface area (Å²) in [5, 5.41) is 0. The monoisotopic (exact) mass is 293 g/mol. The van der Waals surface area contributed by atoms with Crippen LogP contribution in [0.2, 0.25) is 0 Å². The zero-order valence-corrected chi connectivity index (χ0v) is 12.0. The number of hydrogen-bond donors (Lipinski definition) is 1. The molecule has 0 saturated carbocycles. The van der Waals surface area contributed by atoms with E-state index >= 15 is 0 Å². The van der Waals surface area contributed by atoms with Crippen molar-refractivity contribution in [2.24, 2.45) is 11.7 Å². The molecular formula is C17H18F3N. The zero-order valence-electron chi connectivity index (χ0n) is 12.0. The number of rotatable bonds is 4. The van der Waals surface area contributed by atoms with E-state index in [9.17, 15) is 13.2 Å². The van der Waals surface area contributed by atoms with Crippen molar-refractivity contribution in [3.05, 3.63) is 70.5 Å². The molecule has 2 aromatic rings. The van der Waals surface area contributed by atoms with Crippen LogP contribution in [0.15, 0.2) is 36.4 Å². The minimum atomic E-state index is -1.49. The lowest BCUT2D eigenvalue weighted by atomic mass is 9.96. The van der Waals surface area contributed by atoms with Gasteiger partial charge in [0.2, 0.25) is 0 Å². The molecule has 0 aliphatic carbocycles. The van der Waals surface area contributed by atoms with Gasteiger partial charge in [-0.15, -0.1) is 0 Å². The van der Waals surface area contributed by atoms with E-state index in [1.807, 2.05) is 12.1 Å². The molecule has 1 atom stereocenters. The third kappa shape index (κ3) is 3.45. The fourth-order valence-electron chi connectivity index (χ4n) is 2.29. The zero-order chi connectivity index (χ0) is 15.6. The van der Waals surface area contributed by atoms with Crippen LogP contribution in [0.4, 0.5) is 13.2 Å². The fraction of sp³-hybridized carbons (Fsp3) is 0.294. The maximum absolute atomic E-state index is 13.8. The lowest BCUT2D eigenvalue weighted by Gasteiger charge is -2.15. The van der Waals surface area contributed by atoms with E-state index in [0.717, 1.165) is 18.1 Å². The highest BCUT2D eigenvalue weighted by molar-refractivity contribution is 5.34. The molecule has 21 heavy (non-hydrogen) atoms. The molecule has 0 amide bonds. The minimum Gasteiger partial charge on any atom is -0.320 e. The Morgan fingerprint density at radius 3 is 2.10 bits per heavy atom. The molecule has 0 aliphatic heterocycles. The summed E-state index contributed by atoms with van der Waals surface area (Å²) in [7, 11) is 0. The van der Waals surface area contributed by atoms with Crippen LogP contribution in [0, 0.1) is 23.4 Å². The third-order valence-corrected chi connectivity index (χ3v) is 3.38. The molecule has 4 heteroatoms.